The molecule has 0 spiro atoms. The highest BCUT2D eigenvalue weighted by molar-refractivity contribution is 7.92. The van der Waals surface area contributed by atoms with E-state index in [-0.39, 0.29) is 18.0 Å². The lowest BCUT2D eigenvalue weighted by atomic mass is 10.1. The van der Waals surface area contributed by atoms with Gasteiger partial charge < -0.3 is 4.90 Å². The number of likely N-dealkylation sites (tertiary alicyclic amines) is 1. The Morgan fingerprint density at radius 2 is 2.14 bits per heavy atom. The van der Waals surface area contributed by atoms with Gasteiger partial charge in [-0.25, -0.2) is 21.9 Å². The minimum Gasteiger partial charge on any atom is -0.338 e. The molecule has 0 bridgehead atoms. The summed E-state index contributed by atoms with van der Waals surface area (Å²) < 4.78 is 51.0. The summed E-state index contributed by atoms with van der Waals surface area (Å²) in [4.78, 5) is 13.7. The fraction of sp³-hybridized carbons (Fsp3) is 0.357. The molecule has 22 heavy (non-hydrogen) atoms. The first-order chi connectivity index (χ1) is 10.3. The van der Waals surface area contributed by atoms with Crippen molar-refractivity contribution in [2.75, 3.05) is 19.6 Å². The van der Waals surface area contributed by atoms with Crippen molar-refractivity contribution in [1.82, 2.24) is 9.62 Å². The van der Waals surface area contributed by atoms with E-state index in [0.29, 0.717) is 19.5 Å². The number of amides is 1. The lowest BCUT2D eigenvalue weighted by Crippen LogP contribution is -2.32. The van der Waals surface area contributed by atoms with Crippen LogP contribution in [0.1, 0.15) is 16.8 Å². The van der Waals surface area contributed by atoms with E-state index >= 15 is 0 Å². The Morgan fingerprint density at radius 1 is 1.41 bits per heavy atom. The molecule has 1 aromatic carbocycles. The summed E-state index contributed by atoms with van der Waals surface area (Å²) in [5, 5.41) is 0.826. The summed E-state index contributed by atoms with van der Waals surface area (Å²) in [6.07, 6.45) is 0.634. The Bertz CT molecular complexity index is 691. The smallest absolute Gasteiger partial charge is 0.253 e. The molecule has 120 valence electrons. The molecular formula is C14H16F2N2O3S. The van der Waals surface area contributed by atoms with Gasteiger partial charge in [0.25, 0.3) is 5.91 Å². The van der Waals surface area contributed by atoms with E-state index < -0.39 is 27.6 Å². The molecule has 0 aliphatic carbocycles. The van der Waals surface area contributed by atoms with Crippen LogP contribution in [0.3, 0.4) is 0 Å². The van der Waals surface area contributed by atoms with Crippen LogP contribution in [0, 0.1) is 17.6 Å². The van der Waals surface area contributed by atoms with Gasteiger partial charge in [-0.3, -0.25) is 4.79 Å². The first-order valence-electron chi connectivity index (χ1n) is 6.69. The van der Waals surface area contributed by atoms with Gasteiger partial charge in [0.2, 0.25) is 10.0 Å². The molecule has 1 saturated heterocycles. The van der Waals surface area contributed by atoms with Crippen LogP contribution in [0.25, 0.3) is 0 Å². The maximum Gasteiger partial charge on any atom is 0.253 e. The number of nitrogens with zero attached hydrogens (tertiary/aromatic N) is 1. The third-order valence-corrected chi connectivity index (χ3v) is 4.54. The molecule has 2 rings (SSSR count). The number of carbonyl (C=O) groups is 1. The molecule has 1 aliphatic rings. The van der Waals surface area contributed by atoms with Crippen LogP contribution in [0.15, 0.2) is 30.2 Å². The standard InChI is InChI=1S/C14H16F2N2O3S/c1-2-22(20,21)17-8-10-5-6-18(9-10)14(19)11-3-4-12(15)13(16)7-11/h2-4,7,10,17H,1,5-6,8-9H2. The predicted molar refractivity (Wildman–Crippen MR) is 77.5 cm³/mol. The predicted octanol–water partition coefficient (Wildman–Crippen LogP) is 1.49. The van der Waals surface area contributed by atoms with Crippen LogP contribution < -0.4 is 4.72 Å². The van der Waals surface area contributed by atoms with Gasteiger partial charge in [-0.05, 0) is 30.5 Å². The average molecular weight is 330 g/mol. The number of benzene rings is 1. The van der Waals surface area contributed by atoms with Crippen LogP contribution >= 0.6 is 0 Å². The van der Waals surface area contributed by atoms with Crippen molar-refractivity contribution in [2.45, 2.75) is 6.42 Å². The van der Waals surface area contributed by atoms with Crippen molar-refractivity contribution < 1.29 is 22.0 Å². The fourth-order valence-corrected chi connectivity index (χ4v) is 2.87. The molecule has 1 N–H and O–H groups in total. The Labute approximate surface area is 127 Å². The van der Waals surface area contributed by atoms with Gasteiger partial charge in [-0.1, -0.05) is 6.58 Å². The molecule has 1 amide bonds. The van der Waals surface area contributed by atoms with Crippen LogP contribution in [-0.4, -0.2) is 38.9 Å². The molecule has 0 aromatic heterocycles. The van der Waals surface area contributed by atoms with Crippen molar-refractivity contribution in [3.8, 4) is 0 Å². The largest absolute Gasteiger partial charge is 0.338 e. The number of rotatable bonds is 5. The molecule has 8 heteroatoms. The summed E-state index contributed by atoms with van der Waals surface area (Å²) >= 11 is 0. The van der Waals surface area contributed by atoms with Crippen LogP contribution in [0.2, 0.25) is 0 Å². The summed E-state index contributed by atoms with van der Waals surface area (Å²) in [6, 6.07) is 3.01. The lowest BCUT2D eigenvalue weighted by molar-refractivity contribution is 0.0787. The Hall–Kier alpha value is -1.80. The summed E-state index contributed by atoms with van der Waals surface area (Å²) in [7, 11) is -3.49. The highest BCUT2D eigenvalue weighted by atomic mass is 32.2. The van der Waals surface area contributed by atoms with E-state index in [9.17, 15) is 22.0 Å². The summed E-state index contributed by atoms with van der Waals surface area (Å²) in [5.74, 6) is -2.49. The van der Waals surface area contributed by atoms with Gasteiger partial charge in [0.15, 0.2) is 11.6 Å². The zero-order valence-electron chi connectivity index (χ0n) is 11.8. The number of carbonyl (C=O) groups excluding carboxylic acids is 1. The van der Waals surface area contributed by atoms with Gasteiger partial charge in [-0.15, -0.1) is 0 Å². The monoisotopic (exact) mass is 330 g/mol. The molecule has 1 heterocycles. The van der Waals surface area contributed by atoms with Crippen LogP contribution in [0.5, 0.6) is 0 Å². The SMILES string of the molecule is C=CS(=O)(=O)NCC1CCN(C(=O)c2ccc(F)c(F)c2)C1. The van der Waals surface area contributed by atoms with E-state index in [1.165, 1.54) is 11.0 Å². The van der Waals surface area contributed by atoms with Crippen molar-refractivity contribution >= 4 is 15.9 Å². The maximum atomic E-state index is 13.2. The summed E-state index contributed by atoms with van der Waals surface area (Å²) in [5.41, 5.74) is 0.0752. The lowest BCUT2D eigenvalue weighted by Gasteiger charge is -2.17. The van der Waals surface area contributed by atoms with Crippen molar-refractivity contribution in [3.05, 3.63) is 47.4 Å². The van der Waals surface area contributed by atoms with Crippen LogP contribution in [-0.2, 0) is 10.0 Å². The fourth-order valence-electron chi connectivity index (χ4n) is 2.29. The topological polar surface area (TPSA) is 66.5 Å². The highest BCUT2D eigenvalue weighted by Crippen LogP contribution is 2.19. The maximum absolute atomic E-state index is 13.2. The first kappa shape index (κ1) is 16.6. The number of hydrogen-bond acceptors (Lipinski definition) is 3. The van der Waals surface area contributed by atoms with E-state index in [1.54, 1.807) is 0 Å². The normalized spacial score (nSPS) is 18.5. The minimum absolute atomic E-state index is 0.0241. The minimum atomic E-state index is -3.49. The van der Waals surface area contributed by atoms with Gasteiger partial charge in [-0.2, -0.15) is 0 Å². The zero-order chi connectivity index (χ0) is 16.3. The Balaban J connectivity index is 1.96. The molecule has 0 radical (unpaired) electrons. The molecule has 5 nitrogen and oxygen atoms in total. The van der Waals surface area contributed by atoms with E-state index in [1.807, 2.05) is 0 Å². The van der Waals surface area contributed by atoms with Gasteiger partial charge in [0.1, 0.15) is 0 Å². The third-order valence-electron chi connectivity index (χ3n) is 3.53. The van der Waals surface area contributed by atoms with Crippen LogP contribution in [0.4, 0.5) is 8.78 Å². The number of hydrogen-bond donors (Lipinski definition) is 1. The molecule has 1 unspecified atom stereocenters. The zero-order valence-corrected chi connectivity index (χ0v) is 12.6. The second-order valence-electron chi connectivity index (χ2n) is 5.09. The quantitative estimate of drug-likeness (QED) is 0.889. The number of nitrogens with one attached hydrogen (secondary N) is 1. The molecule has 1 fully saturated rings. The van der Waals surface area contributed by atoms with Crippen molar-refractivity contribution in [1.29, 1.82) is 0 Å². The van der Waals surface area contributed by atoms with E-state index in [2.05, 4.69) is 11.3 Å². The molecule has 0 saturated carbocycles. The van der Waals surface area contributed by atoms with Gasteiger partial charge in [0, 0.05) is 30.6 Å². The van der Waals surface area contributed by atoms with Crippen molar-refractivity contribution in [3.63, 3.8) is 0 Å². The second-order valence-corrected chi connectivity index (χ2v) is 6.81. The highest BCUT2D eigenvalue weighted by Gasteiger charge is 2.27. The van der Waals surface area contributed by atoms with Gasteiger partial charge >= 0.3 is 0 Å². The second kappa shape index (κ2) is 6.53. The Kier molecular flexibility index (Phi) is 4.92. The number of sulfonamides is 1. The van der Waals surface area contributed by atoms with Crippen molar-refractivity contribution in [2.24, 2.45) is 5.92 Å². The molecule has 1 aromatic rings. The molecular weight excluding hydrogens is 314 g/mol. The van der Waals surface area contributed by atoms with E-state index in [0.717, 1.165) is 17.5 Å². The van der Waals surface area contributed by atoms with Gasteiger partial charge in [0.05, 0.1) is 0 Å². The average Bonchev–Trinajstić information content (AvgIpc) is 2.96. The number of halogens is 2. The Morgan fingerprint density at radius 3 is 2.77 bits per heavy atom. The third kappa shape index (κ3) is 3.89. The summed E-state index contributed by atoms with van der Waals surface area (Å²) in [6.45, 7) is 4.20. The molecule has 1 atom stereocenters. The first-order valence-corrected chi connectivity index (χ1v) is 8.23. The van der Waals surface area contributed by atoms with E-state index in [4.69, 9.17) is 0 Å². The molecule has 1 aliphatic heterocycles.